The maximum atomic E-state index is 13.5. The van der Waals surface area contributed by atoms with Crippen LogP contribution in [-0.4, -0.2) is 19.3 Å². The second-order valence-corrected chi connectivity index (χ2v) is 4.21. The molecule has 0 radical (unpaired) electrons. The molecule has 0 saturated carbocycles. The van der Waals surface area contributed by atoms with Gasteiger partial charge in [-0.25, -0.2) is 4.39 Å². The van der Waals surface area contributed by atoms with Crippen LogP contribution in [0, 0.1) is 5.82 Å². The molecule has 1 aliphatic heterocycles. The number of halogens is 4. The smallest absolute Gasteiger partial charge is 0.380 e. The molecule has 0 bridgehead atoms. The van der Waals surface area contributed by atoms with Crippen molar-refractivity contribution in [3.8, 4) is 0 Å². The largest absolute Gasteiger partial charge is 0.416 e. The summed E-state index contributed by atoms with van der Waals surface area (Å²) in [6, 6.07) is 2.46. The summed E-state index contributed by atoms with van der Waals surface area (Å²) in [5.74, 6) is -0.900. The van der Waals surface area contributed by atoms with Crippen molar-refractivity contribution in [3.05, 3.63) is 29.6 Å². The molecule has 1 unspecified atom stereocenters. The fourth-order valence-corrected chi connectivity index (χ4v) is 1.86. The van der Waals surface area contributed by atoms with Crippen molar-refractivity contribution in [3.63, 3.8) is 0 Å². The normalized spacial score (nSPS) is 20.1. The van der Waals surface area contributed by atoms with Crippen molar-refractivity contribution in [2.75, 3.05) is 18.5 Å². The minimum Gasteiger partial charge on any atom is -0.380 e. The Labute approximate surface area is 102 Å². The molecule has 0 spiro atoms. The van der Waals surface area contributed by atoms with Gasteiger partial charge in [0.25, 0.3) is 0 Å². The Kier molecular flexibility index (Phi) is 3.75. The van der Waals surface area contributed by atoms with Crippen molar-refractivity contribution in [1.82, 2.24) is 0 Å². The second-order valence-electron chi connectivity index (χ2n) is 4.21. The van der Waals surface area contributed by atoms with Crippen LogP contribution in [0.15, 0.2) is 18.2 Å². The van der Waals surface area contributed by atoms with Crippen molar-refractivity contribution >= 4 is 5.69 Å². The Morgan fingerprint density at radius 3 is 2.67 bits per heavy atom. The third kappa shape index (κ3) is 3.13. The van der Waals surface area contributed by atoms with Crippen molar-refractivity contribution in [1.29, 1.82) is 0 Å². The summed E-state index contributed by atoms with van der Waals surface area (Å²) in [6.07, 6.45) is -2.67. The number of anilines is 1. The molecule has 1 aromatic rings. The number of hydrogen-bond acceptors (Lipinski definition) is 2. The summed E-state index contributed by atoms with van der Waals surface area (Å²) < 4.78 is 55.8. The fraction of sp³-hybridized carbons (Fsp3) is 0.500. The lowest BCUT2D eigenvalue weighted by Crippen LogP contribution is -2.19. The minimum atomic E-state index is -4.52. The molecule has 100 valence electrons. The monoisotopic (exact) mass is 263 g/mol. The first-order chi connectivity index (χ1) is 8.47. The number of hydrogen-bond donors (Lipinski definition) is 1. The van der Waals surface area contributed by atoms with E-state index >= 15 is 0 Å². The molecule has 1 aliphatic rings. The van der Waals surface area contributed by atoms with E-state index in [1.54, 1.807) is 0 Å². The predicted molar refractivity (Wildman–Crippen MR) is 58.9 cm³/mol. The first kappa shape index (κ1) is 13.1. The molecule has 0 amide bonds. The average molecular weight is 263 g/mol. The van der Waals surface area contributed by atoms with Gasteiger partial charge in [-0.15, -0.1) is 0 Å². The Hall–Kier alpha value is -1.30. The predicted octanol–water partition coefficient (Wildman–Crippen LogP) is 3.44. The molecule has 2 nitrogen and oxygen atoms in total. The van der Waals surface area contributed by atoms with E-state index in [4.69, 9.17) is 4.74 Å². The molecule has 1 N–H and O–H groups in total. The topological polar surface area (TPSA) is 21.3 Å². The molecule has 0 aliphatic carbocycles. The lowest BCUT2D eigenvalue weighted by molar-refractivity contribution is -0.137. The SMILES string of the molecule is Fc1cc(C(F)(F)F)ccc1NCC1CCCO1. The van der Waals surface area contributed by atoms with Crippen LogP contribution in [-0.2, 0) is 10.9 Å². The number of benzene rings is 1. The Morgan fingerprint density at radius 2 is 2.11 bits per heavy atom. The van der Waals surface area contributed by atoms with E-state index in [0.29, 0.717) is 19.2 Å². The molecule has 2 rings (SSSR count). The molecular weight excluding hydrogens is 250 g/mol. The zero-order valence-electron chi connectivity index (χ0n) is 9.56. The lowest BCUT2D eigenvalue weighted by atomic mass is 10.2. The van der Waals surface area contributed by atoms with Gasteiger partial charge in [0, 0.05) is 13.2 Å². The summed E-state index contributed by atoms with van der Waals surface area (Å²) >= 11 is 0. The Balaban J connectivity index is 2.01. The molecule has 1 fully saturated rings. The fourth-order valence-electron chi connectivity index (χ4n) is 1.86. The Morgan fingerprint density at radius 1 is 1.33 bits per heavy atom. The first-order valence-corrected chi connectivity index (χ1v) is 5.69. The van der Waals surface area contributed by atoms with Gasteiger partial charge in [0.05, 0.1) is 17.4 Å². The van der Waals surface area contributed by atoms with Crippen LogP contribution in [0.3, 0.4) is 0 Å². The van der Waals surface area contributed by atoms with E-state index in [0.717, 1.165) is 25.0 Å². The van der Waals surface area contributed by atoms with Crippen LogP contribution in [0.4, 0.5) is 23.2 Å². The zero-order chi connectivity index (χ0) is 13.2. The summed E-state index contributed by atoms with van der Waals surface area (Å²) in [5, 5.41) is 2.77. The summed E-state index contributed by atoms with van der Waals surface area (Å²) in [6.45, 7) is 1.09. The quantitative estimate of drug-likeness (QED) is 0.843. The third-order valence-electron chi connectivity index (χ3n) is 2.84. The van der Waals surface area contributed by atoms with E-state index in [-0.39, 0.29) is 11.8 Å². The second kappa shape index (κ2) is 5.14. The van der Waals surface area contributed by atoms with E-state index in [9.17, 15) is 17.6 Å². The van der Waals surface area contributed by atoms with Gasteiger partial charge in [0.1, 0.15) is 5.82 Å². The number of ether oxygens (including phenoxy) is 1. The molecule has 6 heteroatoms. The van der Waals surface area contributed by atoms with E-state index < -0.39 is 17.6 Å². The molecule has 1 atom stereocenters. The van der Waals surface area contributed by atoms with Gasteiger partial charge in [-0.05, 0) is 31.0 Å². The summed E-state index contributed by atoms with van der Waals surface area (Å²) in [4.78, 5) is 0. The van der Waals surface area contributed by atoms with Crippen LogP contribution in [0.25, 0.3) is 0 Å². The van der Waals surface area contributed by atoms with Gasteiger partial charge < -0.3 is 10.1 Å². The molecule has 0 aromatic heterocycles. The highest BCUT2D eigenvalue weighted by Gasteiger charge is 2.31. The van der Waals surface area contributed by atoms with Crippen LogP contribution in [0.5, 0.6) is 0 Å². The molecule has 1 heterocycles. The van der Waals surface area contributed by atoms with Crippen LogP contribution in [0.2, 0.25) is 0 Å². The number of nitrogens with one attached hydrogen (secondary N) is 1. The first-order valence-electron chi connectivity index (χ1n) is 5.69. The minimum absolute atomic E-state index is 0.00620. The van der Waals surface area contributed by atoms with E-state index in [1.165, 1.54) is 0 Å². The lowest BCUT2D eigenvalue weighted by Gasteiger charge is -2.13. The maximum Gasteiger partial charge on any atom is 0.416 e. The standard InChI is InChI=1S/C12H13F4NO/c13-10-6-8(12(14,15)16)3-4-11(10)17-7-9-2-1-5-18-9/h3-4,6,9,17H,1-2,5,7H2. The van der Waals surface area contributed by atoms with E-state index in [1.807, 2.05) is 0 Å². The Bertz CT molecular complexity index is 413. The van der Waals surface area contributed by atoms with Gasteiger partial charge in [0.2, 0.25) is 0 Å². The van der Waals surface area contributed by atoms with Gasteiger partial charge in [0.15, 0.2) is 0 Å². The van der Waals surface area contributed by atoms with Crippen molar-refractivity contribution in [2.24, 2.45) is 0 Å². The highest BCUT2D eigenvalue weighted by Crippen LogP contribution is 2.31. The van der Waals surface area contributed by atoms with Crippen molar-refractivity contribution in [2.45, 2.75) is 25.1 Å². The van der Waals surface area contributed by atoms with Crippen LogP contribution in [0.1, 0.15) is 18.4 Å². The van der Waals surface area contributed by atoms with Crippen molar-refractivity contribution < 1.29 is 22.3 Å². The van der Waals surface area contributed by atoms with Gasteiger partial charge >= 0.3 is 6.18 Å². The van der Waals surface area contributed by atoms with Crippen LogP contribution < -0.4 is 5.32 Å². The van der Waals surface area contributed by atoms with Gasteiger partial charge in [-0.1, -0.05) is 0 Å². The van der Waals surface area contributed by atoms with Crippen LogP contribution >= 0.6 is 0 Å². The summed E-state index contributed by atoms with van der Waals surface area (Å²) in [5.41, 5.74) is -0.916. The molecule has 18 heavy (non-hydrogen) atoms. The average Bonchev–Trinajstić information content (AvgIpc) is 2.79. The summed E-state index contributed by atoms with van der Waals surface area (Å²) in [7, 11) is 0. The maximum absolute atomic E-state index is 13.5. The van der Waals surface area contributed by atoms with Gasteiger partial charge in [-0.3, -0.25) is 0 Å². The highest BCUT2D eigenvalue weighted by molar-refractivity contribution is 5.47. The van der Waals surface area contributed by atoms with E-state index in [2.05, 4.69) is 5.32 Å². The number of rotatable bonds is 3. The third-order valence-corrected chi connectivity index (χ3v) is 2.84. The zero-order valence-corrected chi connectivity index (χ0v) is 9.56. The molecular formula is C12H13F4NO. The van der Waals surface area contributed by atoms with Gasteiger partial charge in [-0.2, -0.15) is 13.2 Å². The highest BCUT2D eigenvalue weighted by atomic mass is 19.4. The molecule has 1 aromatic carbocycles. The molecule has 1 saturated heterocycles. The number of alkyl halides is 3.